The van der Waals surface area contributed by atoms with E-state index in [0.29, 0.717) is 6.42 Å². The summed E-state index contributed by atoms with van der Waals surface area (Å²) in [4.78, 5) is 22.6. The van der Waals surface area contributed by atoms with Gasteiger partial charge in [-0.15, -0.1) is 4.67 Å². The number of rotatable bonds is 14. The van der Waals surface area contributed by atoms with E-state index in [0.717, 1.165) is 18.4 Å². The van der Waals surface area contributed by atoms with Gasteiger partial charge < -0.3 is 9.79 Å². The van der Waals surface area contributed by atoms with E-state index in [4.69, 9.17) is 14.7 Å². The van der Waals surface area contributed by atoms with Crippen LogP contribution in [0.2, 0.25) is 0 Å². The van der Waals surface area contributed by atoms with Crippen molar-refractivity contribution in [1.82, 2.24) is 0 Å². The molecule has 0 amide bonds. The monoisotopic (exact) mass is 358 g/mol. The Hall–Kier alpha value is -0.710. The largest absolute Gasteiger partial charge is 0.496 e. The number of hydrogen-bond acceptors (Lipinski definition) is 3. The summed E-state index contributed by atoms with van der Waals surface area (Å²) in [6, 6.07) is 9.39. The van der Waals surface area contributed by atoms with Gasteiger partial charge in [-0.1, -0.05) is 95.0 Å². The highest BCUT2D eigenvalue weighted by Crippen LogP contribution is 2.39. The predicted molar refractivity (Wildman–Crippen MR) is 95.2 cm³/mol. The molecule has 1 atom stereocenters. The summed E-state index contributed by atoms with van der Waals surface area (Å²) in [5, 5.41) is 0. The van der Waals surface area contributed by atoms with Crippen LogP contribution in [0, 0.1) is 0 Å². The fraction of sp³-hybridized carbons (Fsp3) is 0.667. The second kappa shape index (κ2) is 12.6. The van der Waals surface area contributed by atoms with E-state index in [2.05, 4.69) is 11.6 Å². The van der Waals surface area contributed by atoms with Gasteiger partial charge in [0, 0.05) is 0 Å². The summed E-state index contributed by atoms with van der Waals surface area (Å²) in [5.41, 5.74) is 0.866. The van der Waals surface area contributed by atoms with E-state index in [1.54, 1.807) is 0 Å². The number of unbranched alkanes of at least 4 members (excludes halogenated alkanes) is 8. The first kappa shape index (κ1) is 21.3. The van der Waals surface area contributed by atoms with Gasteiger partial charge in [0.15, 0.2) is 0 Å². The van der Waals surface area contributed by atoms with Crippen LogP contribution >= 0.6 is 7.82 Å². The Kier molecular flexibility index (Phi) is 11.2. The fourth-order valence-electron chi connectivity index (χ4n) is 2.69. The van der Waals surface area contributed by atoms with Gasteiger partial charge in [-0.25, -0.2) is 9.45 Å². The van der Waals surface area contributed by atoms with Crippen LogP contribution in [0.15, 0.2) is 30.3 Å². The van der Waals surface area contributed by atoms with Crippen molar-refractivity contribution >= 4 is 7.82 Å². The molecule has 1 aromatic carbocycles. The summed E-state index contributed by atoms with van der Waals surface area (Å²) in [6.07, 6.45) is 11.2. The normalized spacial score (nSPS) is 13.1. The van der Waals surface area contributed by atoms with Crippen molar-refractivity contribution in [3.63, 3.8) is 0 Å². The molecule has 0 aliphatic rings. The molecule has 0 saturated heterocycles. The molecule has 0 aromatic heterocycles. The number of hydrogen-bond donors (Lipinski definition) is 2. The zero-order valence-electron chi connectivity index (χ0n) is 14.6. The van der Waals surface area contributed by atoms with Crippen LogP contribution in [0.4, 0.5) is 0 Å². The maximum absolute atomic E-state index is 10.8. The first-order valence-corrected chi connectivity index (χ1v) is 10.5. The van der Waals surface area contributed by atoms with Crippen LogP contribution in [0.1, 0.15) is 82.8 Å². The molecule has 0 spiro atoms. The van der Waals surface area contributed by atoms with E-state index in [9.17, 15) is 4.57 Å². The summed E-state index contributed by atoms with van der Waals surface area (Å²) < 4.78 is 15.1. The zero-order chi connectivity index (χ0) is 17.7. The minimum atomic E-state index is -4.63. The first-order valence-electron chi connectivity index (χ1n) is 8.98. The van der Waals surface area contributed by atoms with E-state index in [-0.39, 0.29) is 0 Å². The van der Waals surface area contributed by atoms with Gasteiger partial charge in [0.1, 0.15) is 6.10 Å². The Balaban J connectivity index is 2.26. The van der Waals surface area contributed by atoms with Crippen molar-refractivity contribution in [1.29, 1.82) is 0 Å². The van der Waals surface area contributed by atoms with E-state index in [1.165, 1.54) is 44.9 Å². The smallest absolute Gasteiger partial charge is 0.301 e. The van der Waals surface area contributed by atoms with Gasteiger partial charge in [-0.3, -0.25) is 0 Å². The Morgan fingerprint density at radius 1 is 0.917 bits per heavy atom. The molecule has 0 saturated carbocycles. The van der Waals surface area contributed by atoms with Crippen molar-refractivity contribution in [3.05, 3.63) is 35.9 Å². The summed E-state index contributed by atoms with van der Waals surface area (Å²) >= 11 is 0. The Morgan fingerprint density at radius 3 is 2.00 bits per heavy atom. The van der Waals surface area contributed by atoms with Crippen molar-refractivity contribution < 1.29 is 23.9 Å². The lowest BCUT2D eigenvalue weighted by Gasteiger charge is -2.17. The van der Waals surface area contributed by atoms with Gasteiger partial charge in [0.25, 0.3) is 0 Å². The molecule has 1 unspecified atom stereocenters. The lowest BCUT2D eigenvalue weighted by atomic mass is 10.0. The molecule has 1 rings (SSSR count). The quantitative estimate of drug-likeness (QED) is 0.193. The SMILES string of the molecule is CCCCCCCCCCCC(OOP(=O)(O)O)c1ccccc1. The molecule has 0 aliphatic carbocycles. The van der Waals surface area contributed by atoms with E-state index < -0.39 is 13.9 Å². The second-order valence-electron chi connectivity index (χ2n) is 6.18. The molecule has 24 heavy (non-hydrogen) atoms. The number of phosphoric acid groups is 1. The molecule has 0 bridgehead atoms. The van der Waals surface area contributed by atoms with Crippen LogP contribution in [-0.2, 0) is 14.1 Å². The van der Waals surface area contributed by atoms with Crippen molar-refractivity contribution in [2.75, 3.05) is 0 Å². The molecular weight excluding hydrogens is 327 g/mol. The van der Waals surface area contributed by atoms with Crippen molar-refractivity contribution in [3.8, 4) is 0 Å². The van der Waals surface area contributed by atoms with E-state index in [1.807, 2.05) is 30.3 Å². The fourth-order valence-corrected chi connectivity index (χ4v) is 2.90. The second-order valence-corrected chi connectivity index (χ2v) is 7.31. The van der Waals surface area contributed by atoms with Crippen molar-refractivity contribution in [2.45, 2.75) is 77.2 Å². The molecule has 0 radical (unpaired) electrons. The molecule has 1 aromatic rings. The Labute approximate surface area is 145 Å². The zero-order valence-corrected chi connectivity index (χ0v) is 15.5. The third-order valence-corrected chi connectivity index (χ3v) is 4.28. The lowest BCUT2D eigenvalue weighted by Crippen LogP contribution is -2.05. The predicted octanol–water partition coefficient (Wildman–Crippen LogP) is 5.69. The maximum Gasteiger partial charge on any atom is 0.496 e. The molecule has 6 heteroatoms. The first-order chi connectivity index (χ1) is 11.5. The minimum absolute atomic E-state index is 0.455. The van der Waals surface area contributed by atoms with E-state index >= 15 is 0 Å². The van der Waals surface area contributed by atoms with Crippen LogP contribution in [0.3, 0.4) is 0 Å². The molecule has 5 nitrogen and oxygen atoms in total. The van der Waals surface area contributed by atoms with Gasteiger partial charge in [-0.2, -0.15) is 0 Å². The standard InChI is InChI=1S/C18H31O5P/c1-2-3-4-5-6-7-8-9-13-16-18(22-23-24(19,20)21)17-14-11-10-12-15-17/h10-12,14-15,18H,2-9,13,16H2,1H3,(H2,19,20,21). The molecule has 2 N–H and O–H groups in total. The Bertz CT molecular complexity index is 460. The minimum Gasteiger partial charge on any atom is -0.301 e. The van der Waals surface area contributed by atoms with Gasteiger partial charge >= 0.3 is 7.82 Å². The average molecular weight is 358 g/mol. The van der Waals surface area contributed by atoms with Crippen LogP contribution in [0.25, 0.3) is 0 Å². The summed E-state index contributed by atoms with van der Waals surface area (Å²) in [7, 11) is -4.63. The summed E-state index contributed by atoms with van der Waals surface area (Å²) in [5.74, 6) is 0. The highest BCUT2D eigenvalue weighted by Gasteiger charge is 2.21. The topological polar surface area (TPSA) is 76.0 Å². The van der Waals surface area contributed by atoms with Crippen LogP contribution in [-0.4, -0.2) is 9.79 Å². The average Bonchev–Trinajstić information content (AvgIpc) is 2.56. The lowest BCUT2D eigenvalue weighted by molar-refractivity contribution is -0.262. The third kappa shape index (κ3) is 11.0. The van der Waals surface area contributed by atoms with Crippen LogP contribution < -0.4 is 0 Å². The number of benzene rings is 1. The molecule has 0 heterocycles. The summed E-state index contributed by atoms with van der Waals surface area (Å²) in [6.45, 7) is 2.22. The highest BCUT2D eigenvalue weighted by atomic mass is 31.2. The van der Waals surface area contributed by atoms with Gasteiger partial charge in [0.05, 0.1) is 0 Å². The van der Waals surface area contributed by atoms with Crippen molar-refractivity contribution in [2.24, 2.45) is 0 Å². The molecule has 0 fully saturated rings. The van der Waals surface area contributed by atoms with Gasteiger partial charge in [0.2, 0.25) is 0 Å². The third-order valence-electron chi connectivity index (χ3n) is 4.00. The molecule has 138 valence electrons. The maximum atomic E-state index is 10.8. The van der Waals surface area contributed by atoms with Crippen LogP contribution in [0.5, 0.6) is 0 Å². The molecule has 0 aliphatic heterocycles. The molecular formula is C18H31O5P. The Morgan fingerprint density at radius 2 is 1.46 bits per heavy atom. The highest BCUT2D eigenvalue weighted by molar-refractivity contribution is 7.46. The van der Waals surface area contributed by atoms with Gasteiger partial charge in [-0.05, 0) is 12.0 Å².